The first-order valence-electron chi connectivity index (χ1n) is 8.93. The molecule has 1 aromatic rings. The van der Waals surface area contributed by atoms with Crippen molar-refractivity contribution in [3.05, 3.63) is 34.3 Å². The van der Waals surface area contributed by atoms with Crippen molar-refractivity contribution in [2.45, 2.75) is 43.4 Å². The van der Waals surface area contributed by atoms with Gasteiger partial charge in [-0.1, -0.05) is 47.3 Å². The number of rotatable bonds is 5. The number of benzene rings is 1. The van der Waals surface area contributed by atoms with Gasteiger partial charge in [-0.2, -0.15) is 11.8 Å². The van der Waals surface area contributed by atoms with Crippen LogP contribution in [0.5, 0.6) is 0 Å². The summed E-state index contributed by atoms with van der Waals surface area (Å²) in [5.74, 6) is 1.44. The van der Waals surface area contributed by atoms with Gasteiger partial charge in [0.25, 0.3) is 0 Å². The Balaban J connectivity index is 1.48. The van der Waals surface area contributed by atoms with Crippen molar-refractivity contribution < 1.29 is 9.46 Å². The molecule has 24 heavy (non-hydrogen) atoms. The number of halogens is 1. The van der Waals surface area contributed by atoms with E-state index in [-0.39, 0.29) is 5.25 Å². The van der Waals surface area contributed by atoms with Gasteiger partial charge in [0.1, 0.15) is 0 Å². The third-order valence-electron chi connectivity index (χ3n) is 5.10. The molecule has 1 saturated heterocycles. The minimum atomic E-state index is -3.00. The molecule has 3 rings (SSSR count). The largest absolute Gasteiger partial charge is 0.344 e. The number of hydrogen-bond acceptors (Lipinski definition) is 3. The lowest BCUT2D eigenvalue weighted by atomic mass is 9.91. The molecule has 2 aliphatic rings. The van der Waals surface area contributed by atoms with Gasteiger partial charge in [0.2, 0.25) is 7.37 Å². The zero-order chi connectivity index (χ0) is 17.0. The van der Waals surface area contributed by atoms with Gasteiger partial charge in [0, 0.05) is 40.4 Å². The van der Waals surface area contributed by atoms with Crippen LogP contribution in [0, 0.1) is 5.92 Å². The standard InChI is InChI=1S/C18H27BrNO2PS/c19-16-8-4-7-15(9-16)18-13-24-17(10-20-18)12-23(21,22)11-14-5-2-1-3-6-14/h4,7-9,14,17-18,20H,1-3,5-6,10-13H2,(H,21,22). The summed E-state index contributed by atoms with van der Waals surface area (Å²) in [5, 5.41) is 3.82. The minimum Gasteiger partial charge on any atom is -0.344 e. The van der Waals surface area contributed by atoms with E-state index in [1.165, 1.54) is 24.8 Å². The molecule has 1 heterocycles. The maximum Gasteiger partial charge on any atom is 0.202 e. The van der Waals surface area contributed by atoms with E-state index in [9.17, 15) is 9.46 Å². The Morgan fingerprint density at radius 3 is 2.71 bits per heavy atom. The Morgan fingerprint density at radius 1 is 1.25 bits per heavy atom. The fraction of sp³-hybridized carbons (Fsp3) is 0.667. The summed E-state index contributed by atoms with van der Waals surface area (Å²) in [4.78, 5) is 10.4. The van der Waals surface area contributed by atoms with E-state index in [1.54, 1.807) is 0 Å². The number of nitrogens with one attached hydrogen (secondary N) is 1. The second-order valence-corrected chi connectivity index (χ2v) is 11.9. The first kappa shape index (κ1) is 19.0. The van der Waals surface area contributed by atoms with E-state index in [0.29, 0.717) is 24.3 Å². The Hall–Kier alpha value is 0.200. The second-order valence-electron chi connectivity index (χ2n) is 7.19. The average Bonchev–Trinajstić information content (AvgIpc) is 2.55. The quantitative estimate of drug-likeness (QED) is 0.640. The van der Waals surface area contributed by atoms with Crippen LogP contribution in [0.1, 0.15) is 43.7 Å². The number of thioether (sulfide) groups is 1. The van der Waals surface area contributed by atoms with Gasteiger partial charge in [-0.05, 0) is 36.5 Å². The molecular formula is C18H27BrNO2PS. The molecule has 0 amide bonds. The normalized spacial score (nSPS) is 28.4. The summed E-state index contributed by atoms with van der Waals surface area (Å²) < 4.78 is 13.8. The Labute approximate surface area is 158 Å². The molecule has 6 heteroatoms. The fourth-order valence-corrected chi connectivity index (χ4v) is 8.46. The Kier molecular flexibility index (Phi) is 6.90. The smallest absolute Gasteiger partial charge is 0.202 e. The Bertz CT molecular complexity index is 586. The summed E-state index contributed by atoms with van der Waals surface area (Å²) in [6.07, 6.45) is 7.06. The molecule has 2 N–H and O–H groups in total. The highest BCUT2D eigenvalue weighted by Gasteiger charge is 2.31. The van der Waals surface area contributed by atoms with Crippen LogP contribution in [0.15, 0.2) is 28.7 Å². The molecule has 134 valence electrons. The maximum absolute atomic E-state index is 12.7. The molecule has 1 aromatic carbocycles. The Morgan fingerprint density at radius 2 is 2.04 bits per heavy atom. The SMILES string of the molecule is O=P(O)(CC1CCCCC1)CC1CNC(c2cccc(Br)c2)CS1. The lowest BCUT2D eigenvalue weighted by Crippen LogP contribution is -2.37. The molecule has 3 nitrogen and oxygen atoms in total. The van der Waals surface area contributed by atoms with E-state index in [2.05, 4.69) is 39.4 Å². The zero-order valence-corrected chi connectivity index (χ0v) is 17.3. The second kappa shape index (κ2) is 8.73. The van der Waals surface area contributed by atoms with Gasteiger partial charge >= 0.3 is 0 Å². The van der Waals surface area contributed by atoms with E-state index < -0.39 is 7.37 Å². The van der Waals surface area contributed by atoms with Crippen LogP contribution in [-0.4, -0.2) is 34.8 Å². The van der Waals surface area contributed by atoms with Gasteiger partial charge in [-0.15, -0.1) is 0 Å². The van der Waals surface area contributed by atoms with Crippen molar-refractivity contribution >= 4 is 35.1 Å². The van der Waals surface area contributed by atoms with Crippen LogP contribution in [0.3, 0.4) is 0 Å². The molecular weight excluding hydrogens is 405 g/mol. The molecule has 3 atom stereocenters. The van der Waals surface area contributed by atoms with Crippen molar-refractivity contribution in [2.24, 2.45) is 5.92 Å². The van der Waals surface area contributed by atoms with Crippen molar-refractivity contribution in [2.75, 3.05) is 24.6 Å². The van der Waals surface area contributed by atoms with E-state index in [1.807, 2.05) is 17.8 Å². The van der Waals surface area contributed by atoms with Crippen LogP contribution in [0.4, 0.5) is 0 Å². The highest BCUT2D eigenvalue weighted by atomic mass is 79.9. The third-order valence-corrected chi connectivity index (χ3v) is 9.27. The third kappa shape index (κ3) is 5.60. The topological polar surface area (TPSA) is 49.3 Å². The molecule has 1 aliphatic carbocycles. The molecule has 1 aliphatic heterocycles. The molecule has 2 fully saturated rings. The monoisotopic (exact) mass is 431 g/mol. The van der Waals surface area contributed by atoms with Gasteiger partial charge in [-0.3, -0.25) is 4.57 Å². The van der Waals surface area contributed by atoms with Crippen molar-refractivity contribution in [3.63, 3.8) is 0 Å². The summed E-state index contributed by atoms with van der Waals surface area (Å²) >= 11 is 5.37. The predicted octanol–water partition coefficient (Wildman–Crippen LogP) is 5.05. The summed E-state index contributed by atoms with van der Waals surface area (Å²) in [7, 11) is -3.00. The van der Waals surface area contributed by atoms with Gasteiger partial charge in [0.15, 0.2) is 0 Å². The molecule has 1 saturated carbocycles. The summed E-state index contributed by atoms with van der Waals surface area (Å²) in [6, 6.07) is 8.72. The van der Waals surface area contributed by atoms with E-state index in [4.69, 9.17) is 0 Å². The van der Waals surface area contributed by atoms with Crippen molar-refractivity contribution in [1.29, 1.82) is 0 Å². The average molecular weight is 432 g/mol. The zero-order valence-electron chi connectivity index (χ0n) is 14.0. The van der Waals surface area contributed by atoms with E-state index >= 15 is 0 Å². The lowest BCUT2D eigenvalue weighted by molar-refractivity contribution is 0.371. The van der Waals surface area contributed by atoms with Gasteiger partial charge < -0.3 is 10.2 Å². The van der Waals surface area contributed by atoms with E-state index in [0.717, 1.165) is 29.6 Å². The predicted molar refractivity (Wildman–Crippen MR) is 107 cm³/mol. The summed E-state index contributed by atoms with van der Waals surface area (Å²) in [6.45, 7) is 0.817. The maximum atomic E-state index is 12.7. The van der Waals surface area contributed by atoms with Crippen LogP contribution >= 0.6 is 35.1 Å². The number of hydrogen-bond donors (Lipinski definition) is 2. The van der Waals surface area contributed by atoms with Crippen molar-refractivity contribution in [1.82, 2.24) is 5.32 Å². The van der Waals surface area contributed by atoms with Gasteiger partial charge in [0.05, 0.1) is 0 Å². The summed E-state index contributed by atoms with van der Waals surface area (Å²) in [5.41, 5.74) is 1.28. The fourth-order valence-electron chi connectivity index (χ4n) is 3.84. The van der Waals surface area contributed by atoms with Crippen molar-refractivity contribution in [3.8, 4) is 0 Å². The van der Waals surface area contributed by atoms with Crippen LogP contribution in [0.25, 0.3) is 0 Å². The van der Waals surface area contributed by atoms with Crippen LogP contribution in [0.2, 0.25) is 0 Å². The molecule has 0 aromatic heterocycles. The highest BCUT2D eigenvalue weighted by Crippen LogP contribution is 2.48. The first-order chi connectivity index (χ1) is 11.5. The van der Waals surface area contributed by atoms with Crippen LogP contribution < -0.4 is 5.32 Å². The minimum absolute atomic E-state index is 0.257. The first-order valence-corrected chi connectivity index (χ1v) is 12.8. The lowest BCUT2D eigenvalue weighted by Gasteiger charge is -2.32. The van der Waals surface area contributed by atoms with Gasteiger partial charge in [-0.25, -0.2) is 0 Å². The highest BCUT2D eigenvalue weighted by molar-refractivity contribution is 9.10. The molecule has 0 radical (unpaired) electrons. The molecule has 3 unspecified atom stereocenters. The molecule has 0 bridgehead atoms. The van der Waals surface area contributed by atoms with Crippen LogP contribution in [-0.2, 0) is 4.57 Å². The molecule has 0 spiro atoms.